The van der Waals surface area contributed by atoms with Crippen LogP contribution in [-0.4, -0.2) is 126 Å². The highest BCUT2D eigenvalue weighted by molar-refractivity contribution is 7.90. The average molecular weight is 1180 g/mol. The van der Waals surface area contributed by atoms with Gasteiger partial charge in [-0.05, 0) is 72.8 Å². The van der Waals surface area contributed by atoms with Gasteiger partial charge in [0.1, 0.15) is 0 Å². The lowest BCUT2D eigenvalue weighted by Crippen LogP contribution is -2.71. The number of carbonyl (C=O) groups is 4. The van der Waals surface area contributed by atoms with Gasteiger partial charge in [0.15, 0.2) is 26.9 Å². The average Bonchev–Trinajstić information content (AvgIpc) is 1.87. The molecular formula is C49H36N12O16S4+2. The molecule has 81 heavy (non-hydrogen) atoms. The van der Waals surface area contributed by atoms with E-state index in [1.165, 1.54) is 72.8 Å². The number of amidine groups is 4. The summed E-state index contributed by atoms with van der Waals surface area (Å²) in [6.07, 6.45) is 3.40. The molecular weight excluding hydrogens is 1140 g/mol. The predicted molar refractivity (Wildman–Crippen MR) is 279 cm³/mol. The van der Waals surface area contributed by atoms with Crippen molar-refractivity contribution in [3.63, 3.8) is 0 Å². The van der Waals surface area contributed by atoms with Gasteiger partial charge in [-0.25, -0.2) is 52.8 Å². The number of hydrogen-bond acceptors (Lipinski definition) is 20. The summed E-state index contributed by atoms with van der Waals surface area (Å²) in [5, 5.41) is 0.944. The van der Waals surface area contributed by atoms with Crippen molar-refractivity contribution in [2.45, 2.75) is 25.5 Å². The van der Waals surface area contributed by atoms with E-state index in [-0.39, 0.29) is 98.4 Å². The van der Waals surface area contributed by atoms with E-state index in [9.17, 15) is 52.8 Å². The molecule has 0 fully saturated rings. The van der Waals surface area contributed by atoms with E-state index in [0.29, 0.717) is 10.9 Å². The van der Waals surface area contributed by atoms with Crippen LogP contribution in [0.5, 0.6) is 0 Å². The summed E-state index contributed by atoms with van der Waals surface area (Å²) in [7, 11) is -17.9. The molecule has 0 radical (unpaired) electrons. The van der Waals surface area contributed by atoms with E-state index >= 15 is 0 Å². The van der Waals surface area contributed by atoms with Gasteiger partial charge < -0.3 is 18.9 Å². The fourth-order valence-corrected chi connectivity index (χ4v) is 13.6. The molecule has 410 valence electrons. The predicted octanol–water partition coefficient (Wildman–Crippen LogP) is -0.432. The van der Waals surface area contributed by atoms with E-state index in [4.69, 9.17) is 38.9 Å². The molecule has 4 N–H and O–H groups in total. The van der Waals surface area contributed by atoms with Crippen molar-refractivity contribution in [3.8, 4) is 0 Å². The first-order chi connectivity index (χ1) is 38.6. The Labute approximate surface area is 456 Å². The van der Waals surface area contributed by atoms with Crippen molar-refractivity contribution in [1.82, 2.24) is 28.0 Å². The number of aromatic nitrogens is 2. The van der Waals surface area contributed by atoms with Crippen LogP contribution in [0.15, 0.2) is 163 Å². The standard InChI is InChI=1S/C49H36N12O16S4/c1-5-37(62)74-21-50-78(66,67)25-9-13-29-33(17-25)45-55-43-31-15-11-27(80(70,71)52-23-76-39(64)7-3)19-35(31)47-57-48-36-20-28(81(72,73)53-24-77-40(65)8-4)12-16-32(36)44-56-46-34-18-26(79(68,69)51-22-75-38(63)6-2)10-14-30(34)42-54-41(29)58(45)49(59(42)46,60(43)47)61(44)48/h5-20,50-53H,1-4,21-24H2/q+2. The minimum Gasteiger partial charge on any atom is -0.446 e. The third kappa shape index (κ3) is 7.82. The summed E-state index contributed by atoms with van der Waals surface area (Å²) in [6, 6.07) is 16.3. The topological polar surface area (TPSA) is 355 Å². The van der Waals surface area contributed by atoms with Crippen molar-refractivity contribution in [2.75, 3.05) is 26.9 Å². The maximum absolute atomic E-state index is 14.0. The van der Waals surface area contributed by atoms with E-state index in [0.717, 1.165) is 24.3 Å². The number of nitrogens with one attached hydrogen (secondary N) is 4. The molecule has 8 heterocycles. The van der Waals surface area contributed by atoms with Gasteiger partial charge in [-0.1, -0.05) is 46.3 Å². The second-order valence-electron chi connectivity index (χ2n) is 17.6. The molecule has 1 spiro atoms. The van der Waals surface area contributed by atoms with Crippen molar-refractivity contribution >= 4 is 120 Å². The van der Waals surface area contributed by atoms with E-state index in [2.05, 4.69) is 45.2 Å². The number of esters is 4. The van der Waals surface area contributed by atoms with Crippen LogP contribution in [-0.2, 0) is 84.1 Å². The molecule has 0 amide bonds. The number of carbonyl (C=O) groups excluding carboxylic acids is 4. The first kappa shape index (κ1) is 52.4. The van der Waals surface area contributed by atoms with Gasteiger partial charge in [0.25, 0.3) is 23.3 Å². The van der Waals surface area contributed by atoms with Crippen LogP contribution in [0, 0.1) is 0 Å². The summed E-state index contributed by atoms with van der Waals surface area (Å²) < 4.78 is 147. The SMILES string of the molecule is C=CC(=O)OCNS(=O)(=O)c1ccc2c(c1)C1=Nc3c4ccc(S(=O)(=O)NCOC(=O)C=C)cc4c4n3[C@]35n6c(c7ccc(S(=O)(=O)NCOC(=O)C=C)cc7c6=NC6=[N+]3C(=N4)c3cc(S(=O)(=O)NCOC(=O)C=C)ccc36)=NC2=[N+]15. The van der Waals surface area contributed by atoms with E-state index in [1.54, 1.807) is 18.3 Å². The van der Waals surface area contributed by atoms with Crippen LogP contribution in [0.2, 0.25) is 0 Å². The van der Waals surface area contributed by atoms with Gasteiger partial charge in [-0.3, -0.25) is 0 Å². The lowest BCUT2D eigenvalue weighted by atomic mass is 10.1. The molecule has 0 saturated carbocycles. The van der Waals surface area contributed by atoms with E-state index < -0.39 is 96.8 Å². The van der Waals surface area contributed by atoms with Gasteiger partial charge in [-0.15, -0.1) is 9.15 Å². The summed E-state index contributed by atoms with van der Waals surface area (Å²) in [6.45, 7) is 10.2. The zero-order valence-corrected chi connectivity index (χ0v) is 44.4. The number of benzene rings is 4. The molecule has 0 bridgehead atoms. The Morgan fingerprint density at radius 1 is 0.444 bits per heavy atom. The molecule has 2 aromatic heterocycles. The van der Waals surface area contributed by atoms with Crippen molar-refractivity contribution in [2.24, 2.45) is 20.0 Å². The monoisotopic (exact) mass is 1180 g/mol. The Morgan fingerprint density at radius 3 is 1.20 bits per heavy atom. The number of hydrogen-bond donors (Lipinski definition) is 4. The Bertz CT molecular complexity index is 4850. The summed E-state index contributed by atoms with van der Waals surface area (Å²) in [5.74, 6) is -5.11. The molecule has 6 aliphatic rings. The molecule has 0 saturated heterocycles. The van der Waals surface area contributed by atoms with Crippen LogP contribution in [0.1, 0.15) is 22.3 Å². The van der Waals surface area contributed by atoms with Crippen molar-refractivity contribution in [3.05, 3.63) is 157 Å². The zero-order valence-electron chi connectivity index (χ0n) is 41.1. The fourth-order valence-electron chi connectivity index (χ4n) is 9.95. The highest BCUT2D eigenvalue weighted by Crippen LogP contribution is 2.53. The summed E-state index contributed by atoms with van der Waals surface area (Å²) in [4.78, 5) is 67.0. The minimum atomic E-state index is -4.49. The minimum absolute atomic E-state index is 0.0240. The van der Waals surface area contributed by atoms with Gasteiger partial charge in [0, 0.05) is 45.8 Å². The molecule has 28 nitrogen and oxygen atoms in total. The van der Waals surface area contributed by atoms with Crippen LogP contribution >= 0.6 is 0 Å². The number of rotatable bonds is 20. The zero-order chi connectivity index (χ0) is 57.3. The lowest BCUT2D eigenvalue weighted by Gasteiger charge is -2.40. The van der Waals surface area contributed by atoms with Gasteiger partial charge >= 0.3 is 29.8 Å². The first-order valence-corrected chi connectivity index (χ1v) is 29.3. The fraction of sp³-hybridized carbons (Fsp3) is 0.102. The molecule has 32 heteroatoms. The van der Waals surface area contributed by atoms with Gasteiger partial charge in [0.05, 0.1) is 41.8 Å². The quantitative estimate of drug-likeness (QED) is 0.0248. The molecule has 12 rings (SSSR count). The largest absolute Gasteiger partial charge is 0.446 e. The summed E-state index contributed by atoms with van der Waals surface area (Å²) >= 11 is 0. The van der Waals surface area contributed by atoms with E-state index in [1.807, 2.05) is 0 Å². The van der Waals surface area contributed by atoms with Crippen LogP contribution in [0.3, 0.4) is 0 Å². The normalized spacial score (nSPS) is 16.6. The van der Waals surface area contributed by atoms with Crippen molar-refractivity contribution in [1.29, 1.82) is 0 Å². The number of aliphatic imine (C=N–C) groups is 2. The van der Waals surface area contributed by atoms with Crippen LogP contribution in [0.25, 0.3) is 21.5 Å². The lowest BCUT2D eigenvalue weighted by molar-refractivity contribution is -0.790. The highest BCUT2D eigenvalue weighted by atomic mass is 32.2. The third-order valence-corrected chi connectivity index (χ3v) is 18.9. The number of nitrogens with zero attached hydrogens (tertiary/aromatic N) is 8. The van der Waals surface area contributed by atoms with Gasteiger partial charge in [0.2, 0.25) is 62.7 Å². The first-order valence-electron chi connectivity index (χ1n) is 23.4. The Hall–Kier alpha value is -9.28. The summed E-state index contributed by atoms with van der Waals surface area (Å²) in [5.41, 5.74) is 1.16. The smallest absolute Gasteiger partial charge is 0.404 e. The Kier molecular flexibility index (Phi) is 11.9. The molecule has 0 aliphatic carbocycles. The molecule has 6 aromatic rings. The number of ether oxygens (including phenoxy) is 4. The maximum atomic E-state index is 14.0. The molecule has 6 aliphatic heterocycles. The van der Waals surface area contributed by atoms with Gasteiger partial charge in [-0.2, -0.15) is 28.0 Å². The second-order valence-corrected chi connectivity index (χ2v) is 24.7. The van der Waals surface area contributed by atoms with Crippen LogP contribution < -0.4 is 29.9 Å². The molecule has 4 aromatic carbocycles. The highest BCUT2D eigenvalue weighted by Gasteiger charge is 2.69. The van der Waals surface area contributed by atoms with Crippen molar-refractivity contribution < 1.29 is 80.9 Å². The Morgan fingerprint density at radius 2 is 0.790 bits per heavy atom. The molecule has 1 atom stereocenters. The number of sulfonamides is 4. The van der Waals surface area contributed by atoms with Crippen LogP contribution in [0.4, 0.5) is 11.6 Å². The number of fused-ring (bicyclic) bond motifs is 12. The molecule has 0 unspecified atom stereocenters. The third-order valence-electron chi connectivity index (χ3n) is 13.4. The Balaban J connectivity index is 1.16. The maximum Gasteiger partial charge on any atom is 0.404 e. The second kappa shape index (κ2) is 18.4.